The van der Waals surface area contributed by atoms with Gasteiger partial charge in [-0.3, -0.25) is 0 Å². The Kier molecular flexibility index (Phi) is 2.73. The molecule has 0 atom stereocenters. The molecule has 2 rings (SSSR count). The Morgan fingerprint density at radius 3 is 2.93 bits per heavy atom. The Morgan fingerprint density at radius 1 is 1.40 bits per heavy atom. The van der Waals surface area contributed by atoms with E-state index in [1.165, 1.54) is 11.3 Å². The molecule has 0 amide bonds. The number of methoxy groups -OCH3 is 1. The molecule has 0 saturated heterocycles. The van der Waals surface area contributed by atoms with Crippen molar-refractivity contribution in [3.05, 3.63) is 29.8 Å². The van der Waals surface area contributed by atoms with Gasteiger partial charge in [0.05, 0.1) is 12.8 Å². The van der Waals surface area contributed by atoms with Crippen molar-refractivity contribution >= 4 is 17.0 Å². The molecule has 0 saturated carbocycles. The van der Waals surface area contributed by atoms with Gasteiger partial charge >= 0.3 is 0 Å². The van der Waals surface area contributed by atoms with E-state index in [1.807, 2.05) is 5.38 Å². The number of nitrogens with two attached hydrogens (primary N) is 1. The number of thiazole rings is 1. The molecule has 0 aliphatic carbocycles. The van der Waals surface area contributed by atoms with Crippen LogP contribution in [0, 0.1) is 0 Å². The Morgan fingerprint density at radius 2 is 2.27 bits per heavy atom. The number of nitrogens with zero attached hydrogens (tertiary/aromatic N) is 1. The number of aromatic nitrogens is 1. The van der Waals surface area contributed by atoms with Gasteiger partial charge < -0.3 is 15.2 Å². The third kappa shape index (κ3) is 2.19. The van der Waals surface area contributed by atoms with E-state index in [-0.39, 0.29) is 0 Å². The van der Waals surface area contributed by atoms with Gasteiger partial charge in [0, 0.05) is 17.6 Å². The first-order valence-electron chi connectivity index (χ1n) is 4.30. The summed E-state index contributed by atoms with van der Waals surface area (Å²) in [6.07, 6.45) is 1.68. The Balaban J connectivity index is 2.27. The summed E-state index contributed by atoms with van der Waals surface area (Å²) in [7, 11) is 1.60. The van der Waals surface area contributed by atoms with Crippen molar-refractivity contribution in [2.75, 3.05) is 12.8 Å². The van der Waals surface area contributed by atoms with Gasteiger partial charge in [-0.05, 0) is 12.1 Å². The minimum atomic E-state index is 0.560. The van der Waals surface area contributed by atoms with Crippen molar-refractivity contribution in [1.29, 1.82) is 0 Å². The maximum absolute atomic E-state index is 5.76. The van der Waals surface area contributed by atoms with E-state index in [0.29, 0.717) is 22.4 Å². The lowest BCUT2D eigenvalue weighted by Gasteiger charge is -2.07. The second-order valence-electron chi connectivity index (χ2n) is 2.80. The summed E-state index contributed by atoms with van der Waals surface area (Å²) in [6.45, 7) is 0. The maximum atomic E-state index is 5.76. The van der Waals surface area contributed by atoms with Gasteiger partial charge in [0.25, 0.3) is 5.19 Å². The normalized spacial score (nSPS) is 9.93. The molecule has 2 aromatic rings. The molecular weight excluding hydrogens is 212 g/mol. The lowest BCUT2D eigenvalue weighted by atomic mass is 10.3. The molecule has 4 nitrogen and oxygen atoms in total. The molecule has 2 N–H and O–H groups in total. The molecule has 0 bridgehead atoms. The fourth-order valence-electron chi connectivity index (χ4n) is 1.08. The van der Waals surface area contributed by atoms with E-state index in [2.05, 4.69) is 4.98 Å². The van der Waals surface area contributed by atoms with Gasteiger partial charge in [0.1, 0.15) is 5.75 Å². The minimum Gasteiger partial charge on any atom is -0.497 e. The van der Waals surface area contributed by atoms with Crippen molar-refractivity contribution in [2.45, 2.75) is 0 Å². The van der Waals surface area contributed by atoms with E-state index >= 15 is 0 Å². The lowest BCUT2D eigenvalue weighted by Crippen LogP contribution is -1.92. The summed E-state index contributed by atoms with van der Waals surface area (Å²) >= 11 is 1.41. The van der Waals surface area contributed by atoms with Gasteiger partial charge in [-0.1, -0.05) is 11.3 Å². The molecule has 78 valence electrons. The van der Waals surface area contributed by atoms with E-state index in [4.69, 9.17) is 15.2 Å². The molecule has 0 aliphatic heterocycles. The largest absolute Gasteiger partial charge is 0.497 e. The van der Waals surface area contributed by atoms with Crippen molar-refractivity contribution in [1.82, 2.24) is 4.98 Å². The summed E-state index contributed by atoms with van der Waals surface area (Å²) in [5.74, 6) is 1.26. The van der Waals surface area contributed by atoms with Crippen LogP contribution in [0.5, 0.6) is 16.7 Å². The number of hydrogen-bond acceptors (Lipinski definition) is 5. The van der Waals surface area contributed by atoms with Gasteiger partial charge in [0.2, 0.25) is 0 Å². The number of nitrogen functional groups attached to an aromatic ring is 1. The van der Waals surface area contributed by atoms with Crippen LogP contribution in [-0.4, -0.2) is 12.1 Å². The highest BCUT2D eigenvalue weighted by molar-refractivity contribution is 7.11. The predicted molar refractivity (Wildman–Crippen MR) is 59.6 cm³/mol. The van der Waals surface area contributed by atoms with Crippen molar-refractivity contribution in [3.8, 4) is 16.7 Å². The zero-order chi connectivity index (χ0) is 10.7. The first-order chi connectivity index (χ1) is 7.29. The summed E-state index contributed by atoms with van der Waals surface area (Å²) < 4.78 is 10.6. The quantitative estimate of drug-likeness (QED) is 0.811. The highest BCUT2D eigenvalue weighted by atomic mass is 32.1. The summed E-state index contributed by atoms with van der Waals surface area (Å²) in [6, 6.07) is 5.25. The third-order valence-corrected chi connectivity index (χ3v) is 2.48. The van der Waals surface area contributed by atoms with E-state index in [0.717, 1.165) is 0 Å². The Bertz CT molecular complexity index is 443. The molecule has 0 fully saturated rings. The van der Waals surface area contributed by atoms with Gasteiger partial charge in [-0.25, -0.2) is 4.98 Å². The van der Waals surface area contributed by atoms with Gasteiger partial charge in [-0.15, -0.1) is 0 Å². The van der Waals surface area contributed by atoms with Gasteiger partial charge in [-0.2, -0.15) is 0 Å². The SMILES string of the molecule is COc1ccc(N)c(Oc2nccs2)c1. The lowest BCUT2D eigenvalue weighted by molar-refractivity contribution is 0.409. The smallest absolute Gasteiger partial charge is 0.278 e. The Hall–Kier alpha value is -1.75. The molecule has 0 spiro atoms. The van der Waals surface area contributed by atoms with Crippen LogP contribution < -0.4 is 15.2 Å². The predicted octanol–water partition coefficient (Wildman–Crippen LogP) is 2.53. The van der Waals surface area contributed by atoms with Crippen LogP contribution in [0.2, 0.25) is 0 Å². The van der Waals surface area contributed by atoms with Crippen LogP contribution in [0.1, 0.15) is 0 Å². The number of benzene rings is 1. The van der Waals surface area contributed by atoms with Crippen molar-refractivity contribution in [2.24, 2.45) is 0 Å². The third-order valence-electron chi connectivity index (χ3n) is 1.83. The second kappa shape index (κ2) is 4.18. The van der Waals surface area contributed by atoms with Crippen LogP contribution in [0.3, 0.4) is 0 Å². The zero-order valence-corrected chi connectivity index (χ0v) is 8.95. The van der Waals surface area contributed by atoms with Crippen LogP contribution in [-0.2, 0) is 0 Å². The molecular formula is C10H10N2O2S. The molecule has 5 heteroatoms. The Labute approximate surface area is 91.3 Å². The van der Waals surface area contributed by atoms with E-state index < -0.39 is 0 Å². The molecule has 0 unspecified atom stereocenters. The fourth-order valence-corrected chi connectivity index (χ4v) is 1.58. The fraction of sp³-hybridized carbons (Fsp3) is 0.100. The number of hydrogen-bond donors (Lipinski definition) is 1. The van der Waals surface area contributed by atoms with Crippen LogP contribution in [0.25, 0.3) is 0 Å². The maximum Gasteiger partial charge on any atom is 0.278 e. The van der Waals surface area contributed by atoms with E-state index in [9.17, 15) is 0 Å². The highest BCUT2D eigenvalue weighted by Gasteiger charge is 2.05. The summed E-state index contributed by atoms with van der Waals surface area (Å²) in [5.41, 5.74) is 6.32. The first kappa shape index (κ1) is 9.79. The first-order valence-corrected chi connectivity index (χ1v) is 5.18. The summed E-state index contributed by atoms with van der Waals surface area (Å²) in [5, 5.41) is 2.40. The molecule has 1 aromatic heterocycles. The molecule has 1 heterocycles. The van der Waals surface area contributed by atoms with E-state index in [1.54, 1.807) is 31.5 Å². The number of ether oxygens (including phenoxy) is 2. The minimum absolute atomic E-state index is 0.560. The monoisotopic (exact) mass is 222 g/mol. The summed E-state index contributed by atoms with van der Waals surface area (Å²) in [4.78, 5) is 4.01. The topological polar surface area (TPSA) is 57.4 Å². The average molecular weight is 222 g/mol. The number of rotatable bonds is 3. The zero-order valence-electron chi connectivity index (χ0n) is 8.14. The van der Waals surface area contributed by atoms with Crippen LogP contribution >= 0.6 is 11.3 Å². The van der Waals surface area contributed by atoms with Crippen molar-refractivity contribution in [3.63, 3.8) is 0 Å². The second-order valence-corrected chi connectivity index (χ2v) is 3.66. The standard InChI is InChI=1S/C10H10N2O2S/c1-13-7-2-3-8(11)9(6-7)14-10-12-4-5-15-10/h2-6H,11H2,1H3. The number of anilines is 1. The molecule has 15 heavy (non-hydrogen) atoms. The van der Waals surface area contributed by atoms with Crippen LogP contribution in [0.4, 0.5) is 5.69 Å². The average Bonchev–Trinajstić information content (AvgIpc) is 2.74. The highest BCUT2D eigenvalue weighted by Crippen LogP contribution is 2.31. The molecule has 0 radical (unpaired) electrons. The molecule has 1 aromatic carbocycles. The van der Waals surface area contributed by atoms with Gasteiger partial charge in [0.15, 0.2) is 5.75 Å². The molecule has 0 aliphatic rings. The van der Waals surface area contributed by atoms with Crippen LogP contribution in [0.15, 0.2) is 29.8 Å². The van der Waals surface area contributed by atoms with Crippen molar-refractivity contribution < 1.29 is 9.47 Å².